The summed E-state index contributed by atoms with van der Waals surface area (Å²) in [6, 6.07) is 9.38. The van der Waals surface area contributed by atoms with Gasteiger partial charge in [-0.15, -0.1) is 0 Å². The lowest BCUT2D eigenvalue weighted by molar-refractivity contribution is 0.340. The van der Waals surface area contributed by atoms with Crippen molar-refractivity contribution in [3.05, 3.63) is 52.4 Å². The molecule has 0 aliphatic rings. The third-order valence-corrected chi connectivity index (χ3v) is 2.59. The number of nitrogens with one attached hydrogen (secondary N) is 1. The Morgan fingerprint density at radius 3 is 2.71 bits per heavy atom. The molecule has 0 unspecified atom stereocenters. The Morgan fingerprint density at radius 2 is 2.06 bits per heavy atom. The third-order valence-electron chi connectivity index (χ3n) is 2.59. The van der Waals surface area contributed by atoms with Crippen LogP contribution in [0.4, 0.5) is 0 Å². The maximum absolute atomic E-state index is 11.3. The monoisotopic (exact) mass is 229 g/mol. The lowest BCUT2D eigenvalue weighted by Crippen LogP contribution is -2.02. The first-order chi connectivity index (χ1) is 8.20. The van der Waals surface area contributed by atoms with Crippen LogP contribution in [0.3, 0.4) is 0 Å². The van der Waals surface area contributed by atoms with Gasteiger partial charge in [0.25, 0.3) is 0 Å². The van der Waals surface area contributed by atoms with Crippen LogP contribution >= 0.6 is 0 Å². The van der Waals surface area contributed by atoms with E-state index >= 15 is 0 Å². The van der Waals surface area contributed by atoms with Gasteiger partial charge < -0.3 is 9.72 Å². The normalized spacial score (nSPS) is 10.2. The van der Waals surface area contributed by atoms with Crippen molar-refractivity contribution in [3.8, 4) is 16.9 Å². The lowest BCUT2D eigenvalue weighted by Gasteiger charge is -2.08. The Labute approximate surface area is 100 Å². The smallest absolute Gasteiger partial charge is 0.248 e. The topological polar surface area (TPSA) is 42.1 Å². The Morgan fingerprint density at radius 1 is 1.24 bits per heavy atom. The molecular formula is C14H15NO2. The summed E-state index contributed by atoms with van der Waals surface area (Å²) in [5.74, 6) is 0.860. The number of rotatable bonds is 3. The van der Waals surface area contributed by atoms with Crippen LogP contribution in [0.2, 0.25) is 0 Å². The zero-order chi connectivity index (χ0) is 12.3. The van der Waals surface area contributed by atoms with Gasteiger partial charge in [-0.1, -0.05) is 6.07 Å². The first kappa shape index (κ1) is 11.5. The molecule has 0 saturated carbocycles. The molecule has 1 heterocycles. The average molecular weight is 229 g/mol. The fourth-order valence-electron chi connectivity index (χ4n) is 1.83. The van der Waals surface area contributed by atoms with Gasteiger partial charge in [0.1, 0.15) is 5.75 Å². The van der Waals surface area contributed by atoms with Crippen molar-refractivity contribution in [2.24, 2.45) is 0 Å². The van der Waals surface area contributed by atoms with E-state index in [2.05, 4.69) is 4.98 Å². The van der Waals surface area contributed by atoms with E-state index in [0.717, 1.165) is 22.4 Å². The second-order valence-electron chi connectivity index (χ2n) is 3.85. The van der Waals surface area contributed by atoms with Crippen molar-refractivity contribution in [2.45, 2.75) is 13.8 Å². The molecule has 3 nitrogen and oxygen atoms in total. The van der Waals surface area contributed by atoms with E-state index in [1.54, 1.807) is 12.3 Å². The van der Waals surface area contributed by atoms with Crippen molar-refractivity contribution in [1.82, 2.24) is 4.98 Å². The van der Waals surface area contributed by atoms with E-state index in [1.165, 1.54) is 0 Å². The molecule has 0 aliphatic carbocycles. The molecule has 0 amide bonds. The van der Waals surface area contributed by atoms with Gasteiger partial charge in [-0.2, -0.15) is 0 Å². The molecule has 0 radical (unpaired) electrons. The third kappa shape index (κ3) is 2.56. The highest BCUT2D eigenvalue weighted by atomic mass is 16.5. The van der Waals surface area contributed by atoms with E-state index < -0.39 is 0 Å². The minimum Gasteiger partial charge on any atom is -0.494 e. The largest absolute Gasteiger partial charge is 0.494 e. The van der Waals surface area contributed by atoms with Crippen molar-refractivity contribution >= 4 is 0 Å². The van der Waals surface area contributed by atoms with Gasteiger partial charge in [-0.05, 0) is 48.7 Å². The molecule has 0 aliphatic heterocycles. The second kappa shape index (κ2) is 4.87. The van der Waals surface area contributed by atoms with Gasteiger partial charge in [0.2, 0.25) is 5.56 Å². The number of pyridine rings is 1. The fourth-order valence-corrected chi connectivity index (χ4v) is 1.83. The quantitative estimate of drug-likeness (QED) is 0.879. The van der Waals surface area contributed by atoms with E-state index in [9.17, 15) is 4.79 Å². The lowest BCUT2D eigenvalue weighted by atomic mass is 10.0. The molecule has 0 spiro atoms. The number of ether oxygens (including phenoxy) is 1. The minimum atomic E-state index is -0.0872. The highest BCUT2D eigenvalue weighted by Gasteiger charge is 2.03. The van der Waals surface area contributed by atoms with Crippen LogP contribution in [0.1, 0.15) is 12.5 Å². The number of aromatic amines is 1. The highest BCUT2D eigenvalue weighted by molar-refractivity contribution is 5.67. The zero-order valence-electron chi connectivity index (χ0n) is 9.99. The number of aromatic nitrogens is 1. The summed E-state index contributed by atoms with van der Waals surface area (Å²) >= 11 is 0. The summed E-state index contributed by atoms with van der Waals surface area (Å²) in [7, 11) is 0. The van der Waals surface area contributed by atoms with Gasteiger partial charge in [0.15, 0.2) is 0 Å². The predicted octanol–water partition coefficient (Wildman–Crippen LogP) is 2.75. The Balaban J connectivity index is 2.43. The molecule has 0 saturated heterocycles. The molecule has 2 rings (SSSR count). The standard InChI is InChI=1S/C14H15NO2/c1-3-17-12-4-5-13(10(2)8-12)11-6-7-15-14(16)9-11/h4-9H,3H2,1-2H3,(H,15,16). The molecule has 0 bridgehead atoms. The van der Waals surface area contributed by atoms with Crippen molar-refractivity contribution < 1.29 is 4.74 Å². The van der Waals surface area contributed by atoms with Crippen molar-refractivity contribution in [2.75, 3.05) is 6.61 Å². The number of hydrogen-bond acceptors (Lipinski definition) is 2. The average Bonchev–Trinajstić information content (AvgIpc) is 2.29. The number of hydrogen-bond donors (Lipinski definition) is 1. The summed E-state index contributed by atoms with van der Waals surface area (Å²) in [4.78, 5) is 13.9. The Kier molecular flexibility index (Phi) is 3.28. The summed E-state index contributed by atoms with van der Waals surface area (Å²) in [6.07, 6.45) is 1.66. The highest BCUT2D eigenvalue weighted by Crippen LogP contribution is 2.25. The van der Waals surface area contributed by atoms with Crippen LogP contribution in [0, 0.1) is 6.92 Å². The summed E-state index contributed by atoms with van der Waals surface area (Å²) in [6.45, 7) is 4.63. The Hall–Kier alpha value is -2.03. The van der Waals surface area contributed by atoms with E-state index in [-0.39, 0.29) is 5.56 Å². The number of H-pyrrole nitrogens is 1. The summed E-state index contributed by atoms with van der Waals surface area (Å²) < 4.78 is 5.43. The fraction of sp³-hybridized carbons (Fsp3) is 0.214. The van der Waals surface area contributed by atoms with Gasteiger partial charge in [-0.3, -0.25) is 4.79 Å². The van der Waals surface area contributed by atoms with Crippen LogP contribution in [0.15, 0.2) is 41.3 Å². The van der Waals surface area contributed by atoms with Gasteiger partial charge in [0, 0.05) is 12.3 Å². The zero-order valence-corrected chi connectivity index (χ0v) is 9.99. The molecule has 3 heteroatoms. The van der Waals surface area contributed by atoms with E-state index in [0.29, 0.717) is 6.61 Å². The number of benzene rings is 1. The number of aryl methyl sites for hydroxylation is 1. The summed E-state index contributed by atoms with van der Waals surface area (Å²) in [5.41, 5.74) is 2.99. The van der Waals surface area contributed by atoms with E-state index in [1.807, 2.05) is 38.1 Å². The van der Waals surface area contributed by atoms with Gasteiger partial charge in [0.05, 0.1) is 6.61 Å². The molecule has 1 aromatic heterocycles. The Bertz CT molecular complexity index is 572. The van der Waals surface area contributed by atoms with Crippen molar-refractivity contribution in [3.63, 3.8) is 0 Å². The molecule has 88 valence electrons. The van der Waals surface area contributed by atoms with Crippen LogP contribution in [0.5, 0.6) is 5.75 Å². The second-order valence-corrected chi connectivity index (χ2v) is 3.85. The molecule has 0 fully saturated rings. The van der Waals surface area contributed by atoms with Crippen LogP contribution in [0.25, 0.3) is 11.1 Å². The first-order valence-electron chi connectivity index (χ1n) is 5.63. The maximum Gasteiger partial charge on any atom is 0.248 e. The van der Waals surface area contributed by atoms with E-state index in [4.69, 9.17) is 4.74 Å². The summed E-state index contributed by atoms with van der Waals surface area (Å²) in [5, 5.41) is 0. The first-order valence-corrected chi connectivity index (χ1v) is 5.63. The molecule has 1 aromatic carbocycles. The van der Waals surface area contributed by atoms with Gasteiger partial charge in [-0.25, -0.2) is 0 Å². The molecule has 0 atom stereocenters. The van der Waals surface area contributed by atoms with Crippen LogP contribution in [-0.4, -0.2) is 11.6 Å². The van der Waals surface area contributed by atoms with Gasteiger partial charge >= 0.3 is 0 Å². The molecule has 1 N–H and O–H groups in total. The van der Waals surface area contributed by atoms with Crippen molar-refractivity contribution in [1.29, 1.82) is 0 Å². The van der Waals surface area contributed by atoms with Crippen LogP contribution in [-0.2, 0) is 0 Å². The molecule has 2 aromatic rings. The predicted molar refractivity (Wildman–Crippen MR) is 68.4 cm³/mol. The molecular weight excluding hydrogens is 214 g/mol. The van der Waals surface area contributed by atoms with Crippen LogP contribution < -0.4 is 10.3 Å². The molecule has 17 heavy (non-hydrogen) atoms. The minimum absolute atomic E-state index is 0.0872. The SMILES string of the molecule is CCOc1ccc(-c2cc[nH]c(=O)c2)c(C)c1. The maximum atomic E-state index is 11.3.